The first kappa shape index (κ1) is 16.3. The summed E-state index contributed by atoms with van der Waals surface area (Å²) in [5, 5.41) is 9.88. The molecule has 0 aliphatic carbocycles. The van der Waals surface area contributed by atoms with Crippen molar-refractivity contribution in [2.45, 2.75) is 71.5 Å². The number of nitrogens with zero attached hydrogens (tertiary/aromatic N) is 1. The molecule has 1 saturated heterocycles. The van der Waals surface area contributed by atoms with Crippen LogP contribution in [0.4, 0.5) is 4.79 Å². The lowest BCUT2D eigenvalue weighted by atomic mass is 9.88. The van der Waals surface area contributed by atoms with E-state index in [2.05, 4.69) is 0 Å². The van der Waals surface area contributed by atoms with E-state index in [9.17, 15) is 9.90 Å². The van der Waals surface area contributed by atoms with Crippen molar-refractivity contribution in [3.63, 3.8) is 0 Å². The Bertz CT molecular complexity index is 301. The molecule has 0 bridgehead atoms. The number of carbonyl (C=O) groups excluding carboxylic acids is 1. The molecule has 0 spiro atoms. The maximum absolute atomic E-state index is 12.0. The van der Waals surface area contributed by atoms with E-state index >= 15 is 0 Å². The van der Waals surface area contributed by atoms with Gasteiger partial charge < -0.3 is 14.7 Å². The first-order valence-corrected chi connectivity index (χ1v) is 7.27. The Morgan fingerprint density at radius 1 is 1.21 bits per heavy atom. The molecule has 1 heterocycles. The Labute approximate surface area is 117 Å². The molecule has 0 aromatic heterocycles. The number of carbonyl (C=O) groups is 1. The quantitative estimate of drug-likeness (QED) is 0.839. The van der Waals surface area contributed by atoms with Crippen molar-refractivity contribution in [2.24, 2.45) is 5.92 Å². The summed E-state index contributed by atoms with van der Waals surface area (Å²) in [6, 6.07) is 0. The van der Waals surface area contributed by atoms with E-state index in [4.69, 9.17) is 4.74 Å². The van der Waals surface area contributed by atoms with Crippen molar-refractivity contribution in [1.82, 2.24) is 4.90 Å². The Morgan fingerprint density at radius 3 is 2.37 bits per heavy atom. The zero-order chi connectivity index (χ0) is 14.7. The maximum atomic E-state index is 12.0. The number of ether oxygens (including phenoxy) is 1. The molecule has 1 atom stereocenters. The van der Waals surface area contributed by atoms with Crippen molar-refractivity contribution in [2.75, 3.05) is 13.1 Å². The fraction of sp³-hybridized carbons (Fsp3) is 0.933. The fourth-order valence-corrected chi connectivity index (χ4v) is 2.59. The van der Waals surface area contributed by atoms with E-state index in [1.165, 1.54) is 0 Å². The molecule has 0 aromatic rings. The van der Waals surface area contributed by atoms with Gasteiger partial charge in [0.25, 0.3) is 0 Å². The second-order valence-electron chi connectivity index (χ2n) is 7.28. The summed E-state index contributed by atoms with van der Waals surface area (Å²) >= 11 is 0. The molecule has 1 aliphatic rings. The van der Waals surface area contributed by atoms with E-state index in [0.717, 1.165) is 38.8 Å². The second kappa shape index (κ2) is 6.12. The molecule has 4 nitrogen and oxygen atoms in total. The van der Waals surface area contributed by atoms with Gasteiger partial charge in [-0.1, -0.05) is 0 Å². The molecule has 1 unspecified atom stereocenters. The van der Waals surface area contributed by atoms with Gasteiger partial charge >= 0.3 is 6.09 Å². The smallest absolute Gasteiger partial charge is 0.410 e. The van der Waals surface area contributed by atoms with Gasteiger partial charge in [0.2, 0.25) is 0 Å². The van der Waals surface area contributed by atoms with Crippen LogP contribution in [-0.2, 0) is 4.74 Å². The Hall–Kier alpha value is -0.770. The van der Waals surface area contributed by atoms with Crippen LogP contribution in [0.5, 0.6) is 0 Å². The van der Waals surface area contributed by atoms with Crippen LogP contribution < -0.4 is 0 Å². The molecular formula is C15H29NO3. The molecule has 1 rings (SSSR count). The molecule has 19 heavy (non-hydrogen) atoms. The van der Waals surface area contributed by atoms with Crippen LogP contribution in [0.2, 0.25) is 0 Å². The highest BCUT2D eigenvalue weighted by Gasteiger charge is 2.27. The summed E-state index contributed by atoms with van der Waals surface area (Å²) in [5.74, 6) is 0.493. The van der Waals surface area contributed by atoms with Gasteiger partial charge in [0.05, 0.1) is 5.60 Å². The van der Waals surface area contributed by atoms with Gasteiger partial charge in [-0.05, 0) is 66.2 Å². The Balaban J connectivity index is 2.48. The summed E-state index contributed by atoms with van der Waals surface area (Å²) in [6.07, 6.45) is 3.60. The van der Waals surface area contributed by atoms with Gasteiger partial charge in [-0.25, -0.2) is 4.79 Å². The standard InChI is InChI=1S/C15H29NO3/c1-14(2,3)19-13(17)16-9-6-7-12(8-10-16)11-15(4,5)18/h12,18H,6-11H2,1-5H3. The third-order valence-corrected chi connectivity index (χ3v) is 3.29. The molecule has 112 valence electrons. The fourth-order valence-electron chi connectivity index (χ4n) is 2.59. The van der Waals surface area contributed by atoms with Gasteiger partial charge in [0, 0.05) is 13.1 Å². The van der Waals surface area contributed by atoms with Crippen LogP contribution in [0.3, 0.4) is 0 Å². The molecular weight excluding hydrogens is 242 g/mol. The Morgan fingerprint density at radius 2 is 1.84 bits per heavy atom. The minimum atomic E-state index is -0.619. The summed E-state index contributed by atoms with van der Waals surface area (Å²) in [5.41, 5.74) is -1.05. The first-order chi connectivity index (χ1) is 8.57. The van der Waals surface area contributed by atoms with Gasteiger partial charge in [-0.3, -0.25) is 0 Å². The van der Waals surface area contributed by atoms with Crippen LogP contribution >= 0.6 is 0 Å². The SMILES string of the molecule is CC(C)(O)CC1CCCN(C(=O)OC(C)(C)C)CC1. The minimum Gasteiger partial charge on any atom is -0.444 e. The van der Waals surface area contributed by atoms with Crippen LogP contribution in [0.1, 0.15) is 60.3 Å². The highest BCUT2D eigenvalue weighted by atomic mass is 16.6. The predicted octanol–water partition coefficient (Wildman–Crippen LogP) is 3.18. The molecule has 0 radical (unpaired) electrons. The van der Waals surface area contributed by atoms with E-state index in [1.807, 2.05) is 34.6 Å². The topological polar surface area (TPSA) is 49.8 Å². The van der Waals surface area contributed by atoms with Gasteiger partial charge in [0.1, 0.15) is 5.60 Å². The maximum Gasteiger partial charge on any atom is 0.410 e. The lowest BCUT2D eigenvalue weighted by Gasteiger charge is -2.27. The zero-order valence-electron chi connectivity index (χ0n) is 13.0. The molecule has 0 aromatic carbocycles. The normalized spacial score (nSPS) is 22.0. The average molecular weight is 271 g/mol. The number of rotatable bonds is 2. The number of likely N-dealkylation sites (tertiary alicyclic amines) is 1. The number of hydrogen-bond acceptors (Lipinski definition) is 3. The second-order valence-corrected chi connectivity index (χ2v) is 7.28. The summed E-state index contributed by atoms with van der Waals surface area (Å²) < 4.78 is 5.41. The Kier molecular flexibility index (Phi) is 5.25. The van der Waals surface area contributed by atoms with Crippen molar-refractivity contribution in [1.29, 1.82) is 0 Å². The molecule has 1 fully saturated rings. The van der Waals surface area contributed by atoms with Gasteiger partial charge in [-0.15, -0.1) is 0 Å². The lowest BCUT2D eigenvalue weighted by Crippen LogP contribution is -2.37. The van der Waals surface area contributed by atoms with E-state index in [-0.39, 0.29) is 6.09 Å². The first-order valence-electron chi connectivity index (χ1n) is 7.27. The molecule has 1 N–H and O–H groups in total. The number of amides is 1. The van der Waals surface area contributed by atoms with Crippen LogP contribution in [0.25, 0.3) is 0 Å². The third kappa shape index (κ3) is 6.81. The monoisotopic (exact) mass is 271 g/mol. The van der Waals surface area contributed by atoms with Crippen molar-refractivity contribution in [3.8, 4) is 0 Å². The molecule has 4 heteroatoms. The lowest BCUT2D eigenvalue weighted by molar-refractivity contribution is 0.0249. The number of aliphatic hydroxyl groups is 1. The summed E-state index contributed by atoms with van der Waals surface area (Å²) in [7, 11) is 0. The molecule has 0 saturated carbocycles. The minimum absolute atomic E-state index is 0.212. The van der Waals surface area contributed by atoms with Crippen molar-refractivity contribution < 1.29 is 14.6 Å². The van der Waals surface area contributed by atoms with Gasteiger partial charge in [0.15, 0.2) is 0 Å². The third-order valence-electron chi connectivity index (χ3n) is 3.29. The van der Waals surface area contributed by atoms with E-state index < -0.39 is 11.2 Å². The zero-order valence-corrected chi connectivity index (χ0v) is 13.0. The predicted molar refractivity (Wildman–Crippen MR) is 76.1 cm³/mol. The highest BCUT2D eigenvalue weighted by Crippen LogP contribution is 2.26. The van der Waals surface area contributed by atoms with Crippen LogP contribution in [0.15, 0.2) is 0 Å². The van der Waals surface area contributed by atoms with Crippen molar-refractivity contribution in [3.05, 3.63) is 0 Å². The molecule has 1 aliphatic heterocycles. The van der Waals surface area contributed by atoms with Crippen LogP contribution in [-0.4, -0.2) is 40.4 Å². The molecule has 1 amide bonds. The summed E-state index contributed by atoms with van der Waals surface area (Å²) in [4.78, 5) is 13.8. The average Bonchev–Trinajstić information content (AvgIpc) is 2.38. The van der Waals surface area contributed by atoms with E-state index in [0.29, 0.717) is 5.92 Å². The number of hydrogen-bond donors (Lipinski definition) is 1. The van der Waals surface area contributed by atoms with Crippen molar-refractivity contribution >= 4 is 6.09 Å². The largest absolute Gasteiger partial charge is 0.444 e. The van der Waals surface area contributed by atoms with Gasteiger partial charge in [-0.2, -0.15) is 0 Å². The summed E-state index contributed by atoms with van der Waals surface area (Å²) in [6.45, 7) is 10.9. The highest BCUT2D eigenvalue weighted by molar-refractivity contribution is 5.68. The van der Waals surface area contributed by atoms with E-state index in [1.54, 1.807) is 4.90 Å². The van der Waals surface area contributed by atoms with Crippen LogP contribution in [0, 0.1) is 5.92 Å².